The van der Waals surface area contributed by atoms with E-state index in [1.165, 1.54) is 12.1 Å². The Kier molecular flexibility index (Phi) is 7.11. The number of benzene rings is 2. The zero-order valence-corrected chi connectivity index (χ0v) is 15.3. The number of rotatable bonds is 7. The molecule has 2 rings (SSSR count). The van der Waals surface area contributed by atoms with Gasteiger partial charge in [-0.3, -0.25) is 0 Å². The van der Waals surface area contributed by atoms with Gasteiger partial charge in [0.05, 0.1) is 24.9 Å². The van der Waals surface area contributed by atoms with Crippen LogP contribution in [-0.2, 0) is 6.42 Å². The van der Waals surface area contributed by atoms with Crippen LogP contribution < -0.4 is 4.74 Å². The Morgan fingerprint density at radius 2 is 1.96 bits per heavy atom. The Bertz CT molecular complexity index is 793. The van der Waals surface area contributed by atoms with E-state index in [9.17, 15) is 19.1 Å². The molecule has 0 amide bonds. The second-order valence-corrected chi connectivity index (χ2v) is 6.68. The Balaban J connectivity index is 2.27. The zero-order valence-electron chi connectivity index (χ0n) is 13.2. The van der Waals surface area contributed by atoms with Crippen LogP contribution in [0, 0.1) is 26.5 Å². The Morgan fingerprint density at radius 3 is 2.60 bits per heavy atom. The molecule has 132 valence electrons. The molecule has 0 fully saturated rings. The van der Waals surface area contributed by atoms with E-state index in [-0.39, 0.29) is 30.8 Å². The quantitative estimate of drug-likeness (QED) is 0.625. The number of nitriles is 1. The summed E-state index contributed by atoms with van der Waals surface area (Å²) in [5.41, 5.74) is 0.794. The highest BCUT2D eigenvalue weighted by molar-refractivity contribution is 14.1. The second-order valence-electron chi connectivity index (χ2n) is 5.44. The van der Waals surface area contributed by atoms with Gasteiger partial charge in [0.2, 0.25) is 0 Å². The fraction of sp³-hybridized carbons (Fsp3) is 0.278. The third-order valence-electron chi connectivity index (χ3n) is 3.58. The van der Waals surface area contributed by atoms with Crippen LogP contribution in [0.25, 0.3) is 0 Å². The average Bonchev–Trinajstić information content (AvgIpc) is 2.57. The van der Waals surface area contributed by atoms with Gasteiger partial charge in [-0.2, -0.15) is 5.26 Å². The summed E-state index contributed by atoms with van der Waals surface area (Å²) in [4.78, 5) is 0. The number of aliphatic hydroxyl groups excluding tert-OH is 2. The van der Waals surface area contributed by atoms with Gasteiger partial charge in [0, 0.05) is 22.5 Å². The van der Waals surface area contributed by atoms with E-state index in [0.29, 0.717) is 11.1 Å². The number of nitrogens with zero attached hydrogens (tertiary/aromatic N) is 1. The van der Waals surface area contributed by atoms with Crippen LogP contribution in [0.1, 0.15) is 23.1 Å². The summed E-state index contributed by atoms with van der Waals surface area (Å²) >= 11 is 1.99. The fourth-order valence-electron chi connectivity index (χ4n) is 2.28. The predicted molar refractivity (Wildman–Crippen MR) is 96.2 cm³/mol. The van der Waals surface area contributed by atoms with Crippen LogP contribution in [0.2, 0.25) is 0 Å². The minimum atomic E-state index is -0.945. The maximum Gasteiger partial charge on any atom is 0.140 e. The molecule has 0 spiro atoms. The standard InChI is InChI=1S/C18H16F2INO3/c19-13-6-12(5-11-1-2-14(21)8-17(11)20)16(9-22)18(7-13)25-4-3-15(24)10-23/h1-2,6-8,15,23-24H,3-5,10H2/t15-/m1/s1. The topological polar surface area (TPSA) is 73.5 Å². The number of aliphatic hydroxyl groups is 2. The third kappa shape index (κ3) is 5.36. The van der Waals surface area contributed by atoms with Crippen LogP contribution in [0.15, 0.2) is 30.3 Å². The summed E-state index contributed by atoms with van der Waals surface area (Å²) in [7, 11) is 0. The molecule has 1 atom stereocenters. The first kappa shape index (κ1) is 19.6. The van der Waals surface area contributed by atoms with Crippen LogP contribution in [0.3, 0.4) is 0 Å². The van der Waals surface area contributed by atoms with Gasteiger partial charge >= 0.3 is 0 Å². The summed E-state index contributed by atoms with van der Waals surface area (Å²) in [5.74, 6) is -0.986. The summed E-state index contributed by atoms with van der Waals surface area (Å²) in [5, 5.41) is 27.5. The van der Waals surface area contributed by atoms with Crippen molar-refractivity contribution in [1.82, 2.24) is 0 Å². The van der Waals surface area contributed by atoms with Crippen molar-refractivity contribution in [2.45, 2.75) is 18.9 Å². The molecule has 0 aliphatic heterocycles. The van der Waals surface area contributed by atoms with Crippen molar-refractivity contribution >= 4 is 22.6 Å². The van der Waals surface area contributed by atoms with E-state index in [2.05, 4.69) is 0 Å². The van der Waals surface area contributed by atoms with Crippen LogP contribution in [0.4, 0.5) is 8.78 Å². The molecule has 0 saturated carbocycles. The van der Waals surface area contributed by atoms with E-state index >= 15 is 0 Å². The minimum absolute atomic E-state index is 0.0111. The van der Waals surface area contributed by atoms with Crippen molar-refractivity contribution in [3.8, 4) is 11.8 Å². The lowest BCUT2D eigenvalue weighted by atomic mass is 9.99. The van der Waals surface area contributed by atoms with Crippen molar-refractivity contribution in [3.05, 3.63) is 62.2 Å². The van der Waals surface area contributed by atoms with Crippen molar-refractivity contribution in [3.63, 3.8) is 0 Å². The molecule has 4 nitrogen and oxygen atoms in total. The molecule has 0 heterocycles. The number of ether oxygens (including phenoxy) is 1. The third-order valence-corrected chi connectivity index (χ3v) is 4.25. The lowest BCUT2D eigenvalue weighted by Gasteiger charge is -2.13. The highest BCUT2D eigenvalue weighted by atomic mass is 127. The lowest BCUT2D eigenvalue weighted by Crippen LogP contribution is -2.16. The molecule has 2 N–H and O–H groups in total. The molecule has 25 heavy (non-hydrogen) atoms. The Labute approximate surface area is 157 Å². The summed E-state index contributed by atoms with van der Waals surface area (Å²) in [6, 6.07) is 8.94. The molecular formula is C18H16F2INO3. The van der Waals surface area contributed by atoms with Gasteiger partial charge in [0.15, 0.2) is 0 Å². The minimum Gasteiger partial charge on any atom is -0.492 e. The molecule has 0 unspecified atom stereocenters. The van der Waals surface area contributed by atoms with Crippen LogP contribution in [0.5, 0.6) is 5.75 Å². The van der Waals surface area contributed by atoms with Gasteiger partial charge in [-0.1, -0.05) is 6.07 Å². The molecule has 2 aromatic carbocycles. The molecular weight excluding hydrogens is 443 g/mol. The van der Waals surface area contributed by atoms with Gasteiger partial charge in [-0.15, -0.1) is 0 Å². The monoisotopic (exact) mass is 459 g/mol. The van der Waals surface area contributed by atoms with Crippen molar-refractivity contribution < 1.29 is 23.7 Å². The molecule has 0 aromatic heterocycles. The zero-order chi connectivity index (χ0) is 18.4. The lowest BCUT2D eigenvalue weighted by molar-refractivity contribution is 0.0753. The molecule has 0 aliphatic carbocycles. The number of hydrogen-bond donors (Lipinski definition) is 2. The van der Waals surface area contributed by atoms with E-state index in [1.54, 1.807) is 12.1 Å². The highest BCUT2D eigenvalue weighted by Gasteiger charge is 2.15. The molecule has 0 saturated heterocycles. The van der Waals surface area contributed by atoms with Crippen LogP contribution in [-0.4, -0.2) is 29.5 Å². The predicted octanol–water partition coefficient (Wildman–Crippen LogP) is 3.15. The summed E-state index contributed by atoms with van der Waals surface area (Å²) in [6.45, 7) is -0.397. The average molecular weight is 459 g/mol. The van der Waals surface area contributed by atoms with E-state index in [1.807, 2.05) is 28.7 Å². The van der Waals surface area contributed by atoms with E-state index < -0.39 is 24.3 Å². The largest absolute Gasteiger partial charge is 0.492 e. The van der Waals surface area contributed by atoms with Gasteiger partial charge in [-0.05, 0) is 51.9 Å². The summed E-state index contributed by atoms with van der Waals surface area (Å²) in [6.07, 6.45) is -0.752. The SMILES string of the molecule is N#Cc1c(Cc2ccc(I)cc2F)cc(F)cc1OCC[C@@H](O)CO. The van der Waals surface area contributed by atoms with Crippen molar-refractivity contribution in [2.24, 2.45) is 0 Å². The fourth-order valence-corrected chi connectivity index (χ4v) is 2.74. The smallest absolute Gasteiger partial charge is 0.140 e. The van der Waals surface area contributed by atoms with E-state index in [0.717, 1.165) is 9.64 Å². The molecule has 0 bridgehead atoms. The second kappa shape index (κ2) is 9.08. The highest BCUT2D eigenvalue weighted by Crippen LogP contribution is 2.27. The van der Waals surface area contributed by atoms with Gasteiger partial charge < -0.3 is 14.9 Å². The molecule has 0 radical (unpaired) electrons. The van der Waals surface area contributed by atoms with Gasteiger partial charge in [-0.25, -0.2) is 8.78 Å². The van der Waals surface area contributed by atoms with Crippen molar-refractivity contribution in [1.29, 1.82) is 5.26 Å². The molecule has 7 heteroatoms. The number of halogens is 3. The Hall–Kier alpha value is -1.76. The first-order chi connectivity index (χ1) is 11.9. The van der Waals surface area contributed by atoms with Gasteiger partial charge in [0.1, 0.15) is 23.5 Å². The van der Waals surface area contributed by atoms with Gasteiger partial charge in [0.25, 0.3) is 0 Å². The van der Waals surface area contributed by atoms with Crippen LogP contribution >= 0.6 is 22.6 Å². The Morgan fingerprint density at radius 1 is 1.20 bits per heavy atom. The number of hydrogen-bond acceptors (Lipinski definition) is 4. The van der Waals surface area contributed by atoms with Crippen molar-refractivity contribution in [2.75, 3.05) is 13.2 Å². The normalized spacial score (nSPS) is 11.8. The maximum absolute atomic E-state index is 14.0. The first-order valence-electron chi connectivity index (χ1n) is 7.52. The molecule has 2 aromatic rings. The summed E-state index contributed by atoms with van der Waals surface area (Å²) < 4.78 is 34.1. The first-order valence-corrected chi connectivity index (χ1v) is 8.60. The van der Waals surface area contributed by atoms with E-state index in [4.69, 9.17) is 9.84 Å². The maximum atomic E-state index is 14.0. The molecule has 0 aliphatic rings.